The van der Waals surface area contributed by atoms with E-state index < -0.39 is 46.8 Å². The quantitative estimate of drug-likeness (QED) is 0.129. The average molecular weight is 995 g/mol. The zero-order valence-corrected chi connectivity index (χ0v) is 42.1. The molecule has 3 saturated heterocycles. The molecule has 374 valence electrons. The van der Waals surface area contributed by atoms with Crippen LogP contribution in [0.3, 0.4) is 0 Å². The predicted molar refractivity (Wildman–Crippen MR) is 271 cm³/mol. The highest BCUT2D eigenvalue weighted by Crippen LogP contribution is 2.64. The number of rotatable bonds is 6. The largest absolute Gasteiger partial charge is 0.487 e. The summed E-state index contributed by atoms with van der Waals surface area (Å²) in [6.07, 6.45) is 8.61. The number of carbonyl (C=O) groups excluding carboxylic acids is 5. The Balaban J connectivity index is 0.849. The number of halogens is 2. The summed E-state index contributed by atoms with van der Waals surface area (Å²) in [5, 5.41) is 10.1. The van der Waals surface area contributed by atoms with Crippen molar-refractivity contribution in [2.75, 3.05) is 36.4 Å². The third-order valence-electron chi connectivity index (χ3n) is 16.9. The van der Waals surface area contributed by atoms with Crippen LogP contribution in [0.25, 0.3) is 0 Å². The number of pyridine rings is 1. The molecule has 1 aliphatic carbocycles. The van der Waals surface area contributed by atoms with E-state index >= 15 is 9.18 Å². The van der Waals surface area contributed by atoms with E-state index in [1.807, 2.05) is 30.2 Å². The van der Waals surface area contributed by atoms with Crippen molar-refractivity contribution in [3.8, 4) is 17.6 Å². The minimum atomic E-state index is -0.851. The number of nitrogens with zero attached hydrogens (tertiary/aromatic N) is 4. The molecule has 3 aromatic carbocycles. The van der Waals surface area contributed by atoms with Crippen molar-refractivity contribution < 1.29 is 33.1 Å². The van der Waals surface area contributed by atoms with Gasteiger partial charge in [0.2, 0.25) is 17.7 Å². The fourth-order valence-corrected chi connectivity index (χ4v) is 13.8. The normalized spacial score (nSPS) is 28.2. The van der Waals surface area contributed by atoms with Gasteiger partial charge < -0.3 is 24.8 Å². The molecule has 1 aromatic heterocycles. The topological polar surface area (TPSA) is 153 Å². The second-order valence-electron chi connectivity index (χ2n) is 22.0. The van der Waals surface area contributed by atoms with E-state index in [2.05, 4.69) is 54.6 Å². The summed E-state index contributed by atoms with van der Waals surface area (Å²) in [6.45, 7) is 10.7. The third kappa shape index (κ3) is 8.02. The summed E-state index contributed by atoms with van der Waals surface area (Å²) in [6, 6.07) is 16.4. The Kier molecular flexibility index (Phi) is 12.2. The minimum Gasteiger partial charge on any atom is -0.487 e. The number of carbonyl (C=O) groups is 5. The Hall–Kier alpha value is -6.30. The summed E-state index contributed by atoms with van der Waals surface area (Å²) >= 11 is 6.61. The van der Waals surface area contributed by atoms with E-state index in [9.17, 15) is 19.2 Å². The van der Waals surface area contributed by atoms with E-state index in [0.29, 0.717) is 54.2 Å². The molecule has 7 atom stereocenters. The van der Waals surface area contributed by atoms with Crippen molar-refractivity contribution in [3.05, 3.63) is 117 Å². The summed E-state index contributed by atoms with van der Waals surface area (Å²) < 4.78 is 23.3. The predicted octanol–water partition coefficient (Wildman–Crippen LogP) is 8.06. The molecular formula is C57H61ClFN7O6. The molecule has 11 rings (SSSR count). The molecule has 0 bridgehead atoms. The smallest absolute Gasteiger partial charge is 0.255 e. The van der Waals surface area contributed by atoms with Gasteiger partial charge in [-0.05, 0) is 117 Å². The maximum absolute atomic E-state index is 16.8. The maximum atomic E-state index is 16.8. The number of amides is 5. The van der Waals surface area contributed by atoms with E-state index in [-0.39, 0.29) is 65.9 Å². The monoisotopic (exact) mass is 993 g/mol. The van der Waals surface area contributed by atoms with Gasteiger partial charge in [-0.15, -0.1) is 0 Å². The van der Waals surface area contributed by atoms with Crippen LogP contribution in [0, 0.1) is 29.0 Å². The zero-order chi connectivity index (χ0) is 50.3. The number of hydrogen-bond acceptors (Lipinski definition) is 9. The van der Waals surface area contributed by atoms with Crippen molar-refractivity contribution in [2.45, 2.75) is 134 Å². The highest BCUT2D eigenvalue weighted by molar-refractivity contribution is 6.30. The molecule has 3 N–H and O–H groups in total. The van der Waals surface area contributed by atoms with Crippen LogP contribution in [0.5, 0.6) is 5.75 Å². The van der Waals surface area contributed by atoms with Crippen molar-refractivity contribution in [3.63, 3.8) is 0 Å². The molecule has 4 aromatic rings. The average Bonchev–Trinajstić information content (AvgIpc) is 4.00. The first-order valence-electron chi connectivity index (χ1n) is 25.7. The van der Waals surface area contributed by atoms with Crippen molar-refractivity contribution in [1.29, 1.82) is 0 Å². The number of aromatic nitrogens is 1. The van der Waals surface area contributed by atoms with Gasteiger partial charge in [0.1, 0.15) is 23.7 Å². The van der Waals surface area contributed by atoms with Crippen LogP contribution < -0.4 is 25.6 Å². The SMILES string of the molecule is CCc1cc2c(cn1)[C@]1(CN2)[C@@H](c2cccc(Cl)c2F)[C@H](C(=O)N2C[C@H](C)Oc3cc(C(=O)N4CCC[C@@H](CC#Cc5cccc6c5CN([C@H]5CCC(=O)NC5=O)C6=O)C4)ccc32)N[C@]12CCCC(C)(C)C2. The Bertz CT molecular complexity index is 3010. The van der Waals surface area contributed by atoms with E-state index in [1.165, 1.54) is 4.90 Å². The number of imide groups is 1. The van der Waals surface area contributed by atoms with Gasteiger partial charge in [-0.1, -0.05) is 68.8 Å². The number of piperidine rings is 2. The van der Waals surface area contributed by atoms with E-state index in [0.717, 1.165) is 73.0 Å². The lowest BCUT2D eigenvalue weighted by molar-refractivity contribution is -0.137. The molecular weight excluding hydrogens is 933 g/mol. The first-order chi connectivity index (χ1) is 34.6. The standard InChI is InChI=1S/C57H61ClFN7O6/c1-5-37-26-43-41(27-60-37)57(32-61-43)48(39-16-8-17-42(58)49(39)59)50(63-56(57)23-10-22-55(3,4)31-56)54(71)65-28-33(2)72-46-25-36(18-19-44(46)65)52(69)64-24-9-12-34(29-64)11-6-13-35-14-7-15-38-40(35)30-66(53(38)70)45-20-21-47(67)62-51(45)68/h7-8,14-19,25-27,33-34,45,48,50,61,63H,5,9-12,20-24,28-32H2,1-4H3,(H,62,67,68)/t33-,34+,45-,48-,50+,56-,57+/m0/s1. The Morgan fingerprint density at radius 2 is 1.85 bits per heavy atom. The number of ether oxygens (including phenoxy) is 1. The molecule has 2 spiro atoms. The van der Waals surface area contributed by atoms with E-state index in [1.54, 1.807) is 47.4 Å². The Morgan fingerprint density at radius 1 is 1.01 bits per heavy atom. The number of benzene rings is 3. The second kappa shape index (κ2) is 18.3. The van der Waals surface area contributed by atoms with Crippen molar-refractivity contribution >= 4 is 52.5 Å². The molecule has 7 heterocycles. The van der Waals surface area contributed by atoms with Gasteiger partial charge in [0, 0.05) is 95.7 Å². The number of fused-ring (bicyclic) bond motifs is 5. The number of nitrogens with one attached hydrogen (secondary N) is 3. The number of hydrogen-bond donors (Lipinski definition) is 3. The summed E-state index contributed by atoms with van der Waals surface area (Å²) in [7, 11) is 0. The number of anilines is 2. The van der Waals surface area contributed by atoms with Crippen LogP contribution >= 0.6 is 11.6 Å². The van der Waals surface area contributed by atoms with Gasteiger partial charge in [-0.2, -0.15) is 0 Å². The lowest BCUT2D eigenvalue weighted by Gasteiger charge is -2.52. The third-order valence-corrected chi connectivity index (χ3v) is 17.2. The molecule has 13 nitrogen and oxygen atoms in total. The zero-order valence-electron chi connectivity index (χ0n) is 41.3. The summed E-state index contributed by atoms with van der Waals surface area (Å²) in [5.74, 6) is 4.67. The van der Waals surface area contributed by atoms with Crippen LogP contribution in [-0.4, -0.2) is 94.2 Å². The first kappa shape index (κ1) is 48.0. The Morgan fingerprint density at radius 3 is 2.65 bits per heavy atom. The van der Waals surface area contributed by atoms with Crippen LogP contribution in [0.1, 0.15) is 140 Å². The first-order valence-corrected chi connectivity index (χ1v) is 26.1. The lowest BCUT2D eigenvalue weighted by Crippen LogP contribution is -2.61. The molecule has 7 aliphatic rings. The molecule has 0 radical (unpaired) electrons. The van der Waals surface area contributed by atoms with Crippen molar-refractivity contribution in [2.24, 2.45) is 11.3 Å². The highest BCUT2D eigenvalue weighted by atomic mass is 35.5. The van der Waals surface area contributed by atoms with Gasteiger partial charge >= 0.3 is 0 Å². The van der Waals surface area contributed by atoms with Crippen LogP contribution in [0.2, 0.25) is 5.02 Å². The van der Waals surface area contributed by atoms with Crippen molar-refractivity contribution in [1.82, 2.24) is 25.4 Å². The molecule has 0 unspecified atom stereocenters. The minimum absolute atomic E-state index is 0.00954. The fourth-order valence-electron chi connectivity index (χ4n) is 13.6. The van der Waals surface area contributed by atoms with Gasteiger partial charge in [0.05, 0.1) is 23.3 Å². The maximum Gasteiger partial charge on any atom is 0.255 e. The number of aryl methyl sites for hydroxylation is 1. The second-order valence-corrected chi connectivity index (χ2v) is 22.4. The molecule has 4 fully saturated rings. The summed E-state index contributed by atoms with van der Waals surface area (Å²) in [4.78, 5) is 78.0. The van der Waals surface area contributed by atoms with Gasteiger partial charge in [0.15, 0.2) is 0 Å². The summed E-state index contributed by atoms with van der Waals surface area (Å²) in [5.41, 5.74) is 4.94. The Labute approximate surface area is 425 Å². The highest BCUT2D eigenvalue weighted by Gasteiger charge is 2.70. The molecule has 1 saturated carbocycles. The number of likely N-dealkylation sites (tertiary alicyclic amines) is 1. The molecule has 6 aliphatic heterocycles. The van der Waals surface area contributed by atoms with Gasteiger partial charge in [0.25, 0.3) is 11.8 Å². The van der Waals surface area contributed by atoms with Gasteiger partial charge in [-0.3, -0.25) is 39.6 Å². The molecule has 15 heteroatoms. The molecule has 5 amide bonds. The van der Waals surface area contributed by atoms with Crippen LogP contribution in [-0.2, 0) is 32.8 Å². The van der Waals surface area contributed by atoms with E-state index in [4.69, 9.17) is 21.3 Å². The van der Waals surface area contributed by atoms with Crippen LogP contribution in [0.4, 0.5) is 15.8 Å². The lowest BCUT2D eigenvalue weighted by atomic mass is 9.53. The fraction of sp³-hybridized carbons (Fsp3) is 0.474. The van der Waals surface area contributed by atoms with Gasteiger partial charge in [-0.25, -0.2) is 4.39 Å². The van der Waals surface area contributed by atoms with Crippen LogP contribution in [0.15, 0.2) is 66.9 Å². The molecule has 72 heavy (non-hydrogen) atoms.